The lowest BCUT2D eigenvalue weighted by Crippen LogP contribution is -2.24. The quantitative estimate of drug-likeness (QED) is 0.750. The van der Waals surface area contributed by atoms with E-state index in [1.165, 1.54) is 5.56 Å². The summed E-state index contributed by atoms with van der Waals surface area (Å²) >= 11 is 5.96. The molecule has 2 rings (SSSR count). The summed E-state index contributed by atoms with van der Waals surface area (Å²) in [6.45, 7) is 5.51. The number of carbonyl (C=O) groups is 1. The Morgan fingerprint density at radius 2 is 1.74 bits per heavy atom. The van der Waals surface area contributed by atoms with Crippen LogP contribution in [0.25, 0.3) is 0 Å². The zero-order valence-corrected chi connectivity index (χ0v) is 14.4. The van der Waals surface area contributed by atoms with Crippen LogP contribution < -0.4 is 10.6 Å². The molecular formula is C19H23ClN2O. The average molecular weight is 331 g/mol. The predicted molar refractivity (Wildman–Crippen MR) is 97.2 cm³/mol. The number of halogens is 1. The van der Waals surface area contributed by atoms with Crippen molar-refractivity contribution >= 4 is 23.2 Å². The normalized spacial score (nSPS) is 10.6. The molecule has 0 spiro atoms. The molecule has 0 heterocycles. The lowest BCUT2D eigenvalue weighted by atomic mass is 10.1. The Kier molecular flexibility index (Phi) is 6.63. The molecule has 0 saturated heterocycles. The van der Waals surface area contributed by atoms with Gasteiger partial charge in [-0.15, -0.1) is 0 Å². The maximum absolute atomic E-state index is 12.0. The molecule has 2 N–H and O–H groups in total. The molecule has 4 heteroatoms. The van der Waals surface area contributed by atoms with Crippen LogP contribution in [0.4, 0.5) is 5.69 Å². The number of amides is 1. The molecule has 0 aliphatic heterocycles. The standard InChI is InChI=1S/C19H23ClN2O/c1-14-5-3-6-15(2)19(14)22-18(23)10-12-21-11-9-16-7-4-8-17(20)13-16/h3-8,13,21H,9-12H2,1-2H3,(H,22,23). The first-order chi connectivity index (χ1) is 11.1. The molecule has 2 aromatic carbocycles. The molecule has 23 heavy (non-hydrogen) atoms. The van der Waals surface area contributed by atoms with Crippen LogP contribution in [0.2, 0.25) is 5.02 Å². The molecule has 0 aliphatic carbocycles. The Hall–Kier alpha value is -1.84. The van der Waals surface area contributed by atoms with Gasteiger partial charge in [0.25, 0.3) is 0 Å². The van der Waals surface area contributed by atoms with Crippen LogP contribution in [-0.2, 0) is 11.2 Å². The first-order valence-corrected chi connectivity index (χ1v) is 8.25. The summed E-state index contributed by atoms with van der Waals surface area (Å²) in [6.07, 6.45) is 1.36. The number of para-hydroxylation sites is 1. The Labute approximate surface area is 143 Å². The fraction of sp³-hybridized carbons (Fsp3) is 0.316. The van der Waals surface area contributed by atoms with Crippen molar-refractivity contribution in [1.82, 2.24) is 5.32 Å². The summed E-state index contributed by atoms with van der Waals surface area (Å²) in [5.74, 6) is 0.0395. The largest absolute Gasteiger partial charge is 0.326 e. The Morgan fingerprint density at radius 3 is 2.43 bits per heavy atom. The molecule has 3 nitrogen and oxygen atoms in total. The van der Waals surface area contributed by atoms with E-state index >= 15 is 0 Å². The Bertz CT molecular complexity index is 650. The number of rotatable bonds is 7. The minimum absolute atomic E-state index is 0.0395. The zero-order valence-electron chi connectivity index (χ0n) is 13.7. The Morgan fingerprint density at radius 1 is 1.04 bits per heavy atom. The van der Waals surface area contributed by atoms with E-state index < -0.39 is 0 Å². The molecule has 0 aliphatic rings. The summed E-state index contributed by atoms with van der Waals surface area (Å²) in [6, 6.07) is 13.9. The molecule has 0 aromatic heterocycles. The van der Waals surface area contributed by atoms with Crippen molar-refractivity contribution in [1.29, 1.82) is 0 Å². The van der Waals surface area contributed by atoms with Crippen molar-refractivity contribution in [2.24, 2.45) is 0 Å². The van der Waals surface area contributed by atoms with E-state index in [4.69, 9.17) is 11.6 Å². The van der Waals surface area contributed by atoms with E-state index in [1.54, 1.807) is 0 Å². The van der Waals surface area contributed by atoms with Crippen LogP contribution in [0, 0.1) is 13.8 Å². The lowest BCUT2D eigenvalue weighted by molar-refractivity contribution is -0.116. The molecule has 0 atom stereocenters. The van der Waals surface area contributed by atoms with E-state index in [0.717, 1.165) is 34.8 Å². The highest BCUT2D eigenvalue weighted by molar-refractivity contribution is 6.30. The highest BCUT2D eigenvalue weighted by Crippen LogP contribution is 2.19. The van der Waals surface area contributed by atoms with E-state index in [1.807, 2.05) is 50.2 Å². The fourth-order valence-corrected chi connectivity index (χ4v) is 2.68. The van der Waals surface area contributed by atoms with Crippen molar-refractivity contribution in [3.8, 4) is 0 Å². The highest BCUT2D eigenvalue weighted by atomic mass is 35.5. The molecule has 0 unspecified atom stereocenters. The number of anilines is 1. The molecular weight excluding hydrogens is 308 g/mol. The molecule has 1 amide bonds. The summed E-state index contributed by atoms with van der Waals surface area (Å²) < 4.78 is 0. The molecule has 0 fully saturated rings. The van der Waals surface area contributed by atoms with Gasteiger partial charge < -0.3 is 10.6 Å². The van der Waals surface area contributed by atoms with Gasteiger partial charge in [0, 0.05) is 23.7 Å². The summed E-state index contributed by atoms with van der Waals surface area (Å²) in [7, 11) is 0. The second kappa shape index (κ2) is 8.70. The third-order valence-electron chi connectivity index (χ3n) is 3.75. The molecule has 2 aromatic rings. The number of hydrogen-bond acceptors (Lipinski definition) is 2. The van der Waals surface area contributed by atoms with Crippen molar-refractivity contribution in [3.63, 3.8) is 0 Å². The highest BCUT2D eigenvalue weighted by Gasteiger charge is 2.06. The number of carbonyl (C=O) groups excluding carboxylic acids is 1. The minimum atomic E-state index is 0.0395. The summed E-state index contributed by atoms with van der Waals surface area (Å²) in [5, 5.41) is 7.05. The second-order valence-corrected chi connectivity index (χ2v) is 6.13. The van der Waals surface area contributed by atoms with Crippen molar-refractivity contribution in [2.75, 3.05) is 18.4 Å². The smallest absolute Gasteiger partial charge is 0.225 e. The summed E-state index contributed by atoms with van der Waals surface area (Å²) in [4.78, 5) is 12.0. The van der Waals surface area contributed by atoms with Crippen LogP contribution in [0.1, 0.15) is 23.1 Å². The monoisotopic (exact) mass is 330 g/mol. The van der Waals surface area contributed by atoms with Crippen LogP contribution in [0.5, 0.6) is 0 Å². The Balaban J connectivity index is 1.69. The van der Waals surface area contributed by atoms with Gasteiger partial charge in [0.2, 0.25) is 5.91 Å². The van der Waals surface area contributed by atoms with E-state index in [0.29, 0.717) is 13.0 Å². The van der Waals surface area contributed by atoms with Crippen LogP contribution in [-0.4, -0.2) is 19.0 Å². The van der Waals surface area contributed by atoms with Gasteiger partial charge in [-0.3, -0.25) is 4.79 Å². The van der Waals surface area contributed by atoms with Gasteiger partial charge in [-0.25, -0.2) is 0 Å². The number of nitrogens with one attached hydrogen (secondary N) is 2. The van der Waals surface area contributed by atoms with Gasteiger partial charge in [0.1, 0.15) is 0 Å². The molecule has 0 saturated carbocycles. The van der Waals surface area contributed by atoms with Crippen molar-refractivity contribution in [2.45, 2.75) is 26.7 Å². The van der Waals surface area contributed by atoms with Gasteiger partial charge in [0.05, 0.1) is 0 Å². The van der Waals surface area contributed by atoms with Crippen molar-refractivity contribution in [3.05, 3.63) is 64.2 Å². The predicted octanol–water partition coefficient (Wildman–Crippen LogP) is 4.12. The second-order valence-electron chi connectivity index (χ2n) is 5.69. The van der Waals surface area contributed by atoms with Crippen molar-refractivity contribution < 1.29 is 4.79 Å². The number of aryl methyl sites for hydroxylation is 2. The van der Waals surface area contributed by atoms with Gasteiger partial charge >= 0.3 is 0 Å². The van der Waals surface area contributed by atoms with Crippen LogP contribution in [0.3, 0.4) is 0 Å². The third kappa shape index (κ3) is 5.70. The minimum Gasteiger partial charge on any atom is -0.326 e. The van der Waals surface area contributed by atoms with E-state index in [9.17, 15) is 4.79 Å². The topological polar surface area (TPSA) is 41.1 Å². The molecule has 0 bridgehead atoms. The molecule has 122 valence electrons. The van der Waals surface area contributed by atoms with Crippen LogP contribution in [0.15, 0.2) is 42.5 Å². The van der Waals surface area contributed by atoms with Crippen LogP contribution >= 0.6 is 11.6 Å². The maximum atomic E-state index is 12.0. The lowest BCUT2D eigenvalue weighted by Gasteiger charge is -2.11. The zero-order chi connectivity index (χ0) is 16.7. The van der Waals surface area contributed by atoms with Gasteiger partial charge in [-0.05, 0) is 55.6 Å². The van der Waals surface area contributed by atoms with E-state index in [-0.39, 0.29) is 5.91 Å². The van der Waals surface area contributed by atoms with E-state index in [2.05, 4.69) is 16.7 Å². The van der Waals surface area contributed by atoms with Gasteiger partial charge in [0.15, 0.2) is 0 Å². The van der Waals surface area contributed by atoms with Gasteiger partial charge in [-0.1, -0.05) is 41.9 Å². The number of benzene rings is 2. The maximum Gasteiger partial charge on any atom is 0.225 e. The average Bonchev–Trinajstić information content (AvgIpc) is 2.51. The SMILES string of the molecule is Cc1cccc(C)c1NC(=O)CCNCCc1cccc(Cl)c1. The molecule has 0 radical (unpaired) electrons. The summed E-state index contributed by atoms with van der Waals surface area (Å²) in [5.41, 5.74) is 4.31. The first kappa shape index (κ1) is 17.5. The first-order valence-electron chi connectivity index (χ1n) is 7.87. The fourth-order valence-electron chi connectivity index (χ4n) is 2.47. The number of hydrogen-bond donors (Lipinski definition) is 2. The van der Waals surface area contributed by atoms with Gasteiger partial charge in [-0.2, -0.15) is 0 Å². The third-order valence-corrected chi connectivity index (χ3v) is 3.99.